The van der Waals surface area contributed by atoms with Crippen LogP contribution in [0, 0.1) is 0 Å². The highest BCUT2D eigenvalue weighted by Gasteiger charge is 2.38. The average molecular weight is 670 g/mol. The number of carboxylic acids is 2. The van der Waals surface area contributed by atoms with Gasteiger partial charge in [-0.25, -0.2) is 9.59 Å². The van der Waals surface area contributed by atoms with E-state index in [-0.39, 0.29) is 5.91 Å². The van der Waals surface area contributed by atoms with Crippen molar-refractivity contribution in [3.05, 3.63) is 58.7 Å². The minimum absolute atomic E-state index is 0.0428. The second-order valence-corrected chi connectivity index (χ2v) is 9.87. The van der Waals surface area contributed by atoms with E-state index in [4.69, 9.17) is 25.5 Å². The summed E-state index contributed by atoms with van der Waals surface area (Å²) >= 11 is 3.43. The minimum atomic E-state index is -5.08. The smallest absolute Gasteiger partial charge is 0.475 e. The standard InChI is InChI=1S/C21H24BrN5O.2C2HF3O2/c22-16-3-1-14(2-4-16)11-19(23)21(28)27-9-7-17(8-10-27)25-18-5-6-20-15(12-18)13-24-26-20;2*3-2(4,5)1(6)7/h1-6,12-13,17,19,25H,7-11,23H2,(H,24,26);2*(H,6,7)/t19-;;/m0../s1. The lowest BCUT2D eigenvalue weighted by Crippen LogP contribution is -2.49. The van der Waals surface area contributed by atoms with Crippen LogP contribution in [-0.4, -0.2) is 80.7 Å². The number of carbonyl (C=O) groups excluding carboxylic acids is 1. The van der Waals surface area contributed by atoms with E-state index in [9.17, 15) is 31.1 Å². The minimum Gasteiger partial charge on any atom is -0.475 e. The Morgan fingerprint density at radius 2 is 1.52 bits per heavy atom. The van der Waals surface area contributed by atoms with Crippen LogP contribution in [0.15, 0.2) is 53.1 Å². The zero-order chi connectivity index (χ0) is 31.7. The van der Waals surface area contributed by atoms with E-state index < -0.39 is 30.3 Å². The number of benzene rings is 2. The van der Waals surface area contributed by atoms with E-state index in [1.54, 1.807) is 0 Å². The molecule has 0 spiro atoms. The summed E-state index contributed by atoms with van der Waals surface area (Å²) in [4.78, 5) is 32.4. The van der Waals surface area contributed by atoms with Gasteiger partial charge in [0.1, 0.15) is 0 Å². The van der Waals surface area contributed by atoms with Crippen LogP contribution in [0.5, 0.6) is 0 Å². The molecule has 17 heteroatoms. The molecular weight excluding hydrogens is 644 g/mol. The summed E-state index contributed by atoms with van der Waals surface area (Å²) in [5, 5.41) is 25.9. The van der Waals surface area contributed by atoms with Crippen LogP contribution in [0.1, 0.15) is 18.4 Å². The number of alkyl halides is 6. The molecule has 230 valence electrons. The second kappa shape index (κ2) is 14.9. The molecule has 3 aromatic rings. The number of anilines is 1. The molecule has 1 saturated heterocycles. The molecular formula is C25H26BrF6N5O5. The molecule has 0 unspecified atom stereocenters. The van der Waals surface area contributed by atoms with Crippen LogP contribution in [0.3, 0.4) is 0 Å². The van der Waals surface area contributed by atoms with Crippen LogP contribution < -0.4 is 11.1 Å². The Bertz CT molecular complexity index is 1320. The van der Waals surface area contributed by atoms with Gasteiger partial charge in [0.2, 0.25) is 5.91 Å². The number of piperidine rings is 1. The van der Waals surface area contributed by atoms with Crippen molar-refractivity contribution in [1.29, 1.82) is 0 Å². The number of hydrogen-bond donors (Lipinski definition) is 5. The van der Waals surface area contributed by atoms with Crippen molar-refractivity contribution in [2.24, 2.45) is 5.73 Å². The Balaban J connectivity index is 0.000000367. The van der Waals surface area contributed by atoms with Crippen LogP contribution >= 0.6 is 15.9 Å². The van der Waals surface area contributed by atoms with Gasteiger partial charge in [0.15, 0.2) is 0 Å². The summed E-state index contributed by atoms with van der Waals surface area (Å²) in [6, 6.07) is 14.0. The first-order chi connectivity index (χ1) is 19.5. The number of halogens is 7. The highest BCUT2D eigenvalue weighted by Crippen LogP contribution is 2.21. The maximum Gasteiger partial charge on any atom is 0.490 e. The van der Waals surface area contributed by atoms with Crippen LogP contribution in [0.25, 0.3) is 10.9 Å². The average Bonchev–Trinajstić information content (AvgIpc) is 3.38. The van der Waals surface area contributed by atoms with Crippen molar-refractivity contribution in [1.82, 2.24) is 15.1 Å². The van der Waals surface area contributed by atoms with Crippen LogP contribution in [-0.2, 0) is 20.8 Å². The first kappa shape index (κ1) is 34.3. The number of rotatable bonds is 5. The van der Waals surface area contributed by atoms with Gasteiger partial charge >= 0.3 is 24.3 Å². The summed E-state index contributed by atoms with van der Waals surface area (Å²) in [6.45, 7) is 1.47. The summed E-state index contributed by atoms with van der Waals surface area (Å²) in [5.74, 6) is -5.47. The first-order valence-electron chi connectivity index (χ1n) is 12.1. The van der Waals surface area contributed by atoms with Crippen LogP contribution in [0.4, 0.5) is 32.0 Å². The first-order valence-corrected chi connectivity index (χ1v) is 12.9. The van der Waals surface area contributed by atoms with Crippen molar-refractivity contribution in [3.8, 4) is 0 Å². The van der Waals surface area contributed by atoms with Crippen molar-refractivity contribution in [2.75, 3.05) is 18.4 Å². The summed E-state index contributed by atoms with van der Waals surface area (Å²) < 4.78 is 64.5. The number of nitrogens with two attached hydrogens (primary N) is 1. The third kappa shape index (κ3) is 11.2. The van der Waals surface area contributed by atoms with E-state index in [1.807, 2.05) is 41.4 Å². The molecule has 2 heterocycles. The number of fused-ring (bicyclic) bond motifs is 1. The number of nitrogens with zero attached hydrogens (tertiary/aromatic N) is 2. The highest BCUT2D eigenvalue weighted by molar-refractivity contribution is 9.10. The van der Waals surface area contributed by atoms with Gasteiger partial charge in [0.25, 0.3) is 0 Å². The molecule has 0 bridgehead atoms. The number of amides is 1. The van der Waals surface area contributed by atoms with E-state index >= 15 is 0 Å². The molecule has 0 radical (unpaired) electrons. The van der Waals surface area contributed by atoms with Crippen molar-refractivity contribution in [2.45, 2.75) is 43.7 Å². The van der Waals surface area contributed by atoms with E-state index in [2.05, 4.69) is 43.6 Å². The van der Waals surface area contributed by atoms with Gasteiger partial charge in [-0.15, -0.1) is 0 Å². The zero-order valence-electron chi connectivity index (χ0n) is 21.5. The summed E-state index contributed by atoms with van der Waals surface area (Å²) in [6.07, 6.45) is -5.94. The largest absolute Gasteiger partial charge is 0.490 e. The van der Waals surface area contributed by atoms with Gasteiger partial charge in [-0.3, -0.25) is 9.89 Å². The fourth-order valence-electron chi connectivity index (χ4n) is 3.71. The number of likely N-dealkylation sites (tertiary alicyclic amines) is 1. The van der Waals surface area contributed by atoms with Gasteiger partial charge < -0.3 is 26.2 Å². The zero-order valence-corrected chi connectivity index (χ0v) is 23.1. The number of carbonyl (C=O) groups is 3. The monoisotopic (exact) mass is 669 g/mol. The van der Waals surface area contributed by atoms with E-state index in [0.717, 1.165) is 52.6 Å². The molecule has 1 amide bonds. The number of hydrogen-bond acceptors (Lipinski definition) is 6. The summed E-state index contributed by atoms with van der Waals surface area (Å²) in [5.41, 5.74) is 9.39. The maximum atomic E-state index is 12.7. The molecule has 42 heavy (non-hydrogen) atoms. The lowest BCUT2D eigenvalue weighted by molar-refractivity contribution is -0.193. The third-order valence-corrected chi connectivity index (χ3v) is 6.32. The molecule has 4 rings (SSSR count). The Morgan fingerprint density at radius 3 is 2.02 bits per heavy atom. The molecule has 0 saturated carbocycles. The number of aromatic nitrogens is 2. The molecule has 6 N–H and O–H groups in total. The van der Waals surface area contributed by atoms with Crippen molar-refractivity contribution in [3.63, 3.8) is 0 Å². The predicted molar refractivity (Wildman–Crippen MR) is 143 cm³/mol. The molecule has 10 nitrogen and oxygen atoms in total. The van der Waals surface area contributed by atoms with Gasteiger partial charge in [-0.1, -0.05) is 28.1 Å². The Morgan fingerprint density at radius 1 is 1.00 bits per heavy atom. The number of aliphatic carboxylic acids is 2. The lowest BCUT2D eigenvalue weighted by atomic mass is 10.0. The normalized spacial score (nSPS) is 14.6. The maximum absolute atomic E-state index is 12.7. The molecule has 1 aromatic heterocycles. The third-order valence-electron chi connectivity index (χ3n) is 5.79. The summed E-state index contributed by atoms with van der Waals surface area (Å²) in [7, 11) is 0. The Kier molecular flexibility index (Phi) is 12.1. The van der Waals surface area contributed by atoms with Gasteiger partial charge in [0.05, 0.1) is 17.8 Å². The highest BCUT2D eigenvalue weighted by atomic mass is 79.9. The molecule has 0 aliphatic carbocycles. The van der Waals surface area contributed by atoms with Crippen LogP contribution in [0.2, 0.25) is 0 Å². The van der Waals surface area contributed by atoms with Gasteiger partial charge in [-0.05, 0) is 55.2 Å². The second-order valence-electron chi connectivity index (χ2n) is 8.96. The predicted octanol–water partition coefficient (Wildman–Crippen LogP) is 4.56. The Hall–Kier alpha value is -3.86. The van der Waals surface area contributed by atoms with Crippen molar-refractivity contribution >= 4 is 50.4 Å². The number of H-pyrrole nitrogens is 1. The Labute approximate surface area is 243 Å². The molecule has 1 aliphatic rings. The molecule has 2 aromatic carbocycles. The quantitative estimate of drug-likeness (QED) is 0.247. The van der Waals surface area contributed by atoms with Gasteiger partial charge in [-0.2, -0.15) is 31.4 Å². The topological polar surface area (TPSA) is 162 Å². The van der Waals surface area contributed by atoms with E-state index in [1.165, 1.54) is 0 Å². The lowest BCUT2D eigenvalue weighted by Gasteiger charge is -2.34. The van der Waals surface area contributed by atoms with Gasteiger partial charge in [0, 0.05) is 34.7 Å². The SMILES string of the molecule is N[C@@H](Cc1ccc(Br)cc1)C(=O)N1CCC(Nc2ccc3[nH]ncc3c2)CC1.O=C(O)C(F)(F)F.O=C(O)C(F)(F)F. The molecule has 1 atom stereocenters. The number of aromatic amines is 1. The number of carboxylic acid groups (broad SMARTS) is 2. The fraction of sp³-hybridized carbons (Fsp3) is 0.360. The molecule has 1 aliphatic heterocycles. The number of nitrogens with one attached hydrogen (secondary N) is 2. The van der Waals surface area contributed by atoms with E-state index in [0.29, 0.717) is 12.5 Å². The molecule has 1 fully saturated rings. The fourth-order valence-corrected chi connectivity index (χ4v) is 3.97. The van der Waals surface area contributed by atoms with Crippen molar-refractivity contribution < 1.29 is 50.9 Å².